The van der Waals surface area contributed by atoms with Crippen molar-refractivity contribution in [2.45, 2.75) is 64.8 Å². The monoisotopic (exact) mass is 556 g/mol. The number of rotatable bonds is 8. The quantitative estimate of drug-likeness (QED) is 0.446. The summed E-state index contributed by atoms with van der Waals surface area (Å²) in [6, 6.07) is 13.6. The van der Waals surface area contributed by atoms with Crippen LogP contribution >= 0.6 is 11.3 Å². The molecule has 2 amide bonds. The topological polar surface area (TPSA) is 115 Å². The molecule has 1 N–H and O–H groups in total. The van der Waals surface area contributed by atoms with Crippen molar-refractivity contribution in [3.63, 3.8) is 0 Å². The molecule has 2 aromatic carbocycles. The van der Waals surface area contributed by atoms with E-state index in [0.29, 0.717) is 23.1 Å². The average Bonchev–Trinajstić information content (AvgIpc) is 3.64. The van der Waals surface area contributed by atoms with Crippen LogP contribution in [0.15, 0.2) is 48.0 Å². The molecule has 5 rings (SSSR count). The summed E-state index contributed by atoms with van der Waals surface area (Å²) in [5, 5.41) is 19.7. The standard InChI is InChI=1S/C31H32N4O4S/c1-18(2)28(35-15-23-12-21(14-32)6-10-25(23)30(35)38)31(39)34-16-24(36)13-26(34)27(37)11-7-20-4-8-22(9-5-20)29-19(3)33-17-40-29/h4-6,8-10,12,17-18,24,26,28,36H,7,11,13,15-16H2,1-3H3/t24-,26+,28+/m1/s1. The molecule has 1 fully saturated rings. The fourth-order valence-corrected chi connectivity index (χ4v) is 6.60. The number of nitrogens with zero attached hydrogens (tertiary/aromatic N) is 4. The number of aromatic nitrogens is 1. The van der Waals surface area contributed by atoms with Gasteiger partial charge in [0.05, 0.1) is 39.9 Å². The lowest BCUT2D eigenvalue weighted by Gasteiger charge is -2.35. The zero-order valence-electron chi connectivity index (χ0n) is 22.8. The van der Waals surface area contributed by atoms with Crippen LogP contribution in [0.1, 0.15) is 59.4 Å². The minimum absolute atomic E-state index is 0.0644. The van der Waals surface area contributed by atoms with Gasteiger partial charge in [-0.1, -0.05) is 38.1 Å². The fourth-order valence-electron chi connectivity index (χ4n) is 5.78. The second-order valence-corrected chi connectivity index (χ2v) is 11.8. The number of hydrogen-bond acceptors (Lipinski definition) is 7. The summed E-state index contributed by atoms with van der Waals surface area (Å²) in [6.07, 6.45) is 0.178. The van der Waals surface area contributed by atoms with Gasteiger partial charge in [-0.25, -0.2) is 4.98 Å². The van der Waals surface area contributed by atoms with Crippen LogP contribution in [0.25, 0.3) is 10.4 Å². The van der Waals surface area contributed by atoms with E-state index in [4.69, 9.17) is 0 Å². The fraction of sp³-hybridized carbons (Fsp3) is 0.387. The predicted molar refractivity (Wildman–Crippen MR) is 151 cm³/mol. The highest BCUT2D eigenvalue weighted by Crippen LogP contribution is 2.31. The molecule has 206 valence electrons. The first-order valence-corrected chi connectivity index (χ1v) is 14.4. The van der Waals surface area contributed by atoms with Gasteiger partial charge in [0.15, 0.2) is 5.78 Å². The van der Waals surface area contributed by atoms with Crippen LogP contribution in [0.4, 0.5) is 0 Å². The maximum Gasteiger partial charge on any atom is 0.255 e. The molecule has 9 heteroatoms. The largest absolute Gasteiger partial charge is 0.391 e. The summed E-state index contributed by atoms with van der Waals surface area (Å²) in [6.45, 7) is 6.02. The van der Waals surface area contributed by atoms with Gasteiger partial charge in [0.1, 0.15) is 6.04 Å². The highest BCUT2D eigenvalue weighted by Gasteiger charge is 2.45. The number of likely N-dealkylation sites (tertiary alicyclic amines) is 1. The molecule has 3 aromatic rings. The average molecular weight is 557 g/mol. The van der Waals surface area contributed by atoms with E-state index in [1.807, 2.05) is 50.5 Å². The highest BCUT2D eigenvalue weighted by atomic mass is 32.1. The first-order valence-electron chi connectivity index (χ1n) is 13.5. The van der Waals surface area contributed by atoms with Gasteiger partial charge in [0, 0.05) is 31.5 Å². The number of carbonyl (C=O) groups excluding carboxylic acids is 3. The second-order valence-electron chi connectivity index (χ2n) is 10.9. The lowest BCUT2D eigenvalue weighted by Crippen LogP contribution is -2.54. The molecule has 0 saturated carbocycles. The molecule has 8 nitrogen and oxygen atoms in total. The molecular formula is C31H32N4O4S. The van der Waals surface area contributed by atoms with Crippen molar-refractivity contribution in [3.05, 3.63) is 75.9 Å². The van der Waals surface area contributed by atoms with E-state index >= 15 is 0 Å². The molecule has 0 bridgehead atoms. The Morgan fingerprint density at radius 3 is 2.60 bits per heavy atom. The van der Waals surface area contributed by atoms with E-state index in [2.05, 4.69) is 11.1 Å². The Bertz CT molecular complexity index is 1490. The third kappa shape index (κ3) is 5.29. The van der Waals surface area contributed by atoms with Crippen LogP contribution in [-0.2, 0) is 22.6 Å². The van der Waals surface area contributed by atoms with E-state index in [0.717, 1.165) is 21.7 Å². The van der Waals surface area contributed by atoms with Crippen molar-refractivity contribution in [3.8, 4) is 16.5 Å². The molecule has 40 heavy (non-hydrogen) atoms. The van der Waals surface area contributed by atoms with Crippen molar-refractivity contribution >= 4 is 28.9 Å². The predicted octanol–water partition coefficient (Wildman–Crippen LogP) is 4.13. The first kappa shape index (κ1) is 27.7. The number of aliphatic hydroxyl groups is 1. The summed E-state index contributed by atoms with van der Waals surface area (Å²) >= 11 is 1.59. The van der Waals surface area contributed by atoms with Gasteiger partial charge in [-0.3, -0.25) is 14.4 Å². The number of ketones is 1. The summed E-state index contributed by atoms with van der Waals surface area (Å²) in [5.41, 5.74) is 6.59. The maximum absolute atomic E-state index is 13.9. The van der Waals surface area contributed by atoms with Crippen LogP contribution in [0, 0.1) is 24.2 Å². The summed E-state index contributed by atoms with van der Waals surface area (Å²) in [4.78, 5) is 49.0. The third-order valence-electron chi connectivity index (χ3n) is 7.84. The van der Waals surface area contributed by atoms with E-state index in [-0.39, 0.29) is 49.4 Å². The number of fused-ring (bicyclic) bond motifs is 1. The second kappa shape index (κ2) is 11.3. The Labute approximate surface area is 237 Å². The van der Waals surface area contributed by atoms with Gasteiger partial charge >= 0.3 is 0 Å². The van der Waals surface area contributed by atoms with Crippen molar-refractivity contribution in [2.75, 3.05) is 6.54 Å². The molecule has 1 aromatic heterocycles. The summed E-state index contributed by atoms with van der Waals surface area (Å²) in [5.74, 6) is -0.887. The number of aliphatic hydroxyl groups excluding tert-OH is 1. The first-order chi connectivity index (χ1) is 19.2. The Hall–Kier alpha value is -3.87. The molecule has 2 aliphatic heterocycles. The molecule has 1 saturated heterocycles. The number of amides is 2. The lowest BCUT2D eigenvalue weighted by molar-refractivity contribution is -0.142. The molecule has 3 heterocycles. The number of benzene rings is 2. The van der Waals surface area contributed by atoms with E-state index in [1.165, 1.54) is 9.80 Å². The van der Waals surface area contributed by atoms with Gasteiger partial charge < -0.3 is 14.9 Å². The van der Waals surface area contributed by atoms with Crippen LogP contribution < -0.4 is 0 Å². The Balaban J connectivity index is 1.28. The Morgan fingerprint density at radius 1 is 1.20 bits per heavy atom. The van der Waals surface area contributed by atoms with Crippen LogP contribution in [0.3, 0.4) is 0 Å². The normalized spacial score (nSPS) is 19.1. The van der Waals surface area contributed by atoms with E-state index in [9.17, 15) is 24.8 Å². The van der Waals surface area contributed by atoms with Crippen LogP contribution in [0.5, 0.6) is 0 Å². The van der Waals surface area contributed by atoms with Crippen molar-refractivity contribution in [1.82, 2.24) is 14.8 Å². The third-order valence-corrected chi connectivity index (χ3v) is 8.82. The van der Waals surface area contributed by atoms with E-state index in [1.54, 1.807) is 29.5 Å². The highest BCUT2D eigenvalue weighted by molar-refractivity contribution is 7.13. The van der Waals surface area contributed by atoms with Gasteiger partial charge in [0.2, 0.25) is 5.91 Å². The van der Waals surface area contributed by atoms with Crippen LogP contribution in [-0.4, -0.2) is 62.2 Å². The Kier molecular flexibility index (Phi) is 7.83. The number of nitriles is 1. The lowest BCUT2D eigenvalue weighted by atomic mass is 9.98. The molecule has 0 radical (unpaired) electrons. The molecule has 3 atom stereocenters. The van der Waals surface area contributed by atoms with Gasteiger partial charge in [-0.2, -0.15) is 5.26 Å². The molecule has 0 spiro atoms. The van der Waals surface area contributed by atoms with Crippen molar-refractivity contribution < 1.29 is 19.5 Å². The number of carbonyl (C=O) groups is 3. The van der Waals surface area contributed by atoms with E-state index < -0.39 is 18.2 Å². The minimum Gasteiger partial charge on any atom is -0.391 e. The summed E-state index contributed by atoms with van der Waals surface area (Å²) in [7, 11) is 0. The SMILES string of the molecule is Cc1ncsc1-c1ccc(CCC(=O)[C@@H]2C[C@@H](O)CN2C(=O)[C@H](C(C)C)N2Cc3cc(C#N)ccc3C2=O)cc1. The number of Topliss-reactive ketones (excluding diaryl/α,β-unsaturated/α-hetero) is 1. The van der Waals surface area contributed by atoms with Gasteiger partial charge in [-0.05, 0) is 54.2 Å². The molecule has 2 aliphatic rings. The van der Waals surface area contributed by atoms with Gasteiger partial charge in [0.25, 0.3) is 5.91 Å². The van der Waals surface area contributed by atoms with Crippen molar-refractivity contribution in [1.29, 1.82) is 5.26 Å². The minimum atomic E-state index is -0.794. The number of β-amino-alcohol motifs (C(OH)–C–C–N with tert-alkyl or cyclic N) is 1. The maximum atomic E-state index is 13.9. The zero-order chi connectivity index (χ0) is 28.6. The number of aryl methyl sites for hydroxylation is 2. The van der Waals surface area contributed by atoms with Crippen LogP contribution in [0.2, 0.25) is 0 Å². The number of hydrogen-bond donors (Lipinski definition) is 1. The van der Waals surface area contributed by atoms with Crippen molar-refractivity contribution in [2.24, 2.45) is 5.92 Å². The smallest absolute Gasteiger partial charge is 0.255 e. The molecule has 0 aliphatic carbocycles. The molecule has 0 unspecified atom stereocenters. The Morgan fingerprint density at radius 2 is 1.95 bits per heavy atom. The summed E-state index contributed by atoms with van der Waals surface area (Å²) < 4.78 is 0. The zero-order valence-corrected chi connectivity index (χ0v) is 23.6. The van der Waals surface area contributed by atoms with Gasteiger partial charge in [-0.15, -0.1) is 11.3 Å². The molecular weight excluding hydrogens is 524 g/mol. The number of thiazole rings is 1.